The molecule has 23 heavy (non-hydrogen) atoms. The lowest BCUT2D eigenvalue weighted by Crippen LogP contribution is -2.51. The largest absolute Gasteiger partial charge is 0.372 e. The highest BCUT2D eigenvalue weighted by molar-refractivity contribution is 5.78. The number of nitrogens with zero attached hydrogens (tertiary/aromatic N) is 2. The maximum absolute atomic E-state index is 13.1. The van der Waals surface area contributed by atoms with Crippen LogP contribution in [0.3, 0.4) is 0 Å². The second kappa shape index (κ2) is 6.97. The second-order valence-corrected chi connectivity index (χ2v) is 6.74. The van der Waals surface area contributed by atoms with Gasteiger partial charge in [0.05, 0.1) is 18.8 Å². The number of benzene rings is 1. The number of carbonyl (C=O) groups is 1. The molecule has 3 unspecified atom stereocenters. The van der Waals surface area contributed by atoms with E-state index >= 15 is 0 Å². The van der Waals surface area contributed by atoms with Crippen LogP contribution >= 0.6 is 0 Å². The van der Waals surface area contributed by atoms with Crippen molar-refractivity contribution in [3.05, 3.63) is 35.6 Å². The highest BCUT2D eigenvalue weighted by atomic mass is 19.1. The fraction of sp³-hybridized carbons (Fsp3) is 0.611. The normalized spacial score (nSPS) is 29.0. The number of hydrogen-bond acceptors (Lipinski definition) is 3. The number of ether oxygens (including phenoxy) is 1. The van der Waals surface area contributed by atoms with Gasteiger partial charge in [-0.25, -0.2) is 4.39 Å². The molecule has 2 aliphatic rings. The van der Waals surface area contributed by atoms with E-state index in [0.29, 0.717) is 19.6 Å². The lowest BCUT2D eigenvalue weighted by atomic mass is 10.0. The molecular formula is C18H25FN2O2. The van der Waals surface area contributed by atoms with Crippen molar-refractivity contribution in [3.8, 4) is 0 Å². The van der Waals surface area contributed by atoms with E-state index in [1.54, 1.807) is 0 Å². The molecule has 0 aliphatic carbocycles. The zero-order valence-corrected chi connectivity index (χ0v) is 13.9. The van der Waals surface area contributed by atoms with Crippen LogP contribution in [0.15, 0.2) is 24.3 Å². The molecule has 2 fully saturated rings. The molecular weight excluding hydrogens is 295 g/mol. The fourth-order valence-electron chi connectivity index (χ4n) is 3.73. The summed E-state index contributed by atoms with van der Waals surface area (Å²) in [4.78, 5) is 16.8. The van der Waals surface area contributed by atoms with Gasteiger partial charge in [0, 0.05) is 19.1 Å². The van der Waals surface area contributed by atoms with Crippen LogP contribution in [0.25, 0.3) is 0 Å². The molecule has 2 saturated heterocycles. The molecule has 0 saturated carbocycles. The summed E-state index contributed by atoms with van der Waals surface area (Å²) in [6.07, 6.45) is 2.28. The number of morpholine rings is 1. The van der Waals surface area contributed by atoms with Gasteiger partial charge in [0.25, 0.3) is 0 Å². The van der Waals surface area contributed by atoms with Crippen molar-refractivity contribution in [2.75, 3.05) is 26.2 Å². The monoisotopic (exact) mass is 320 g/mol. The molecule has 1 aromatic rings. The van der Waals surface area contributed by atoms with Crippen molar-refractivity contribution in [3.63, 3.8) is 0 Å². The van der Waals surface area contributed by atoms with Crippen LogP contribution in [0, 0.1) is 5.82 Å². The zero-order chi connectivity index (χ0) is 16.4. The van der Waals surface area contributed by atoms with Crippen molar-refractivity contribution in [1.82, 2.24) is 9.80 Å². The molecule has 2 heterocycles. The van der Waals surface area contributed by atoms with Crippen molar-refractivity contribution >= 4 is 5.91 Å². The quantitative estimate of drug-likeness (QED) is 0.858. The summed E-state index contributed by atoms with van der Waals surface area (Å²) in [5.41, 5.74) is 1.10. The van der Waals surface area contributed by atoms with Gasteiger partial charge in [0.15, 0.2) is 0 Å². The van der Waals surface area contributed by atoms with Gasteiger partial charge in [0.1, 0.15) is 5.82 Å². The van der Waals surface area contributed by atoms with Gasteiger partial charge in [-0.15, -0.1) is 0 Å². The Labute approximate surface area is 137 Å². The first-order valence-electron chi connectivity index (χ1n) is 8.45. The lowest BCUT2D eigenvalue weighted by Gasteiger charge is -2.36. The number of amides is 1. The van der Waals surface area contributed by atoms with E-state index in [-0.39, 0.29) is 30.0 Å². The predicted molar refractivity (Wildman–Crippen MR) is 86.5 cm³/mol. The van der Waals surface area contributed by atoms with Crippen LogP contribution in [-0.2, 0) is 9.53 Å². The highest BCUT2D eigenvalue weighted by Crippen LogP contribution is 2.31. The van der Waals surface area contributed by atoms with E-state index in [9.17, 15) is 9.18 Å². The molecule has 0 bridgehead atoms. The first-order chi connectivity index (χ1) is 11.0. The van der Waals surface area contributed by atoms with E-state index in [4.69, 9.17) is 4.74 Å². The molecule has 3 atom stereocenters. The molecule has 1 amide bonds. The minimum atomic E-state index is -0.217. The van der Waals surface area contributed by atoms with Crippen LogP contribution in [0.4, 0.5) is 4.39 Å². The summed E-state index contributed by atoms with van der Waals surface area (Å²) < 4.78 is 18.8. The van der Waals surface area contributed by atoms with Gasteiger partial charge >= 0.3 is 0 Å². The van der Waals surface area contributed by atoms with Gasteiger partial charge < -0.3 is 9.64 Å². The molecule has 0 radical (unpaired) electrons. The smallest absolute Gasteiger partial charge is 0.236 e. The van der Waals surface area contributed by atoms with Crippen LogP contribution in [0.1, 0.15) is 38.3 Å². The van der Waals surface area contributed by atoms with Gasteiger partial charge in [-0.3, -0.25) is 9.69 Å². The van der Waals surface area contributed by atoms with E-state index in [2.05, 4.69) is 4.90 Å². The van der Waals surface area contributed by atoms with E-state index in [1.807, 2.05) is 30.9 Å². The Bertz CT molecular complexity index is 538. The molecule has 126 valence electrons. The number of hydrogen-bond donors (Lipinski definition) is 0. The predicted octanol–water partition coefficient (Wildman–Crippen LogP) is 2.60. The first-order valence-corrected chi connectivity index (χ1v) is 8.45. The standard InChI is InChI=1S/C18H25FN2O2/c1-13-10-21(11-14(2)23-13)18(22)12-20-9-3-4-17(20)15-5-7-16(19)8-6-15/h5-8,13-14,17H,3-4,9-12H2,1-2H3. The number of rotatable bonds is 3. The Balaban J connectivity index is 1.64. The lowest BCUT2D eigenvalue weighted by molar-refractivity contribution is -0.144. The summed E-state index contributed by atoms with van der Waals surface area (Å²) in [7, 11) is 0. The Kier molecular flexibility index (Phi) is 4.97. The highest BCUT2D eigenvalue weighted by Gasteiger charge is 2.31. The van der Waals surface area contributed by atoms with Gasteiger partial charge in [0.2, 0.25) is 5.91 Å². The van der Waals surface area contributed by atoms with Crippen molar-refractivity contribution in [2.45, 2.75) is 44.9 Å². The maximum atomic E-state index is 13.1. The third kappa shape index (κ3) is 3.90. The maximum Gasteiger partial charge on any atom is 0.236 e. The average Bonchev–Trinajstić information content (AvgIpc) is 2.95. The summed E-state index contributed by atoms with van der Waals surface area (Å²) in [5.74, 6) is -0.0494. The molecule has 4 nitrogen and oxygen atoms in total. The second-order valence-electron chi connectivity index (χ2n) is 6.74. The molecule has 1 aromatic carbocycles. The minimum absolute atomic E-state index is 0.0918. The number of likely N-dealkylation sites (tertiary alicyclic amines) is 1. The van der Waals surface area contributed by atoms with Crippen LogP contribution in [-0.4, -0.2) is 54.1 Å². The van der Waals surface area contributed by atoms with Crippen molar-refractivity contribution in [1.29, 1.82) is 0 Å². The molecule has 2 aliphatic heterocycles. The first kappa shape index (κ1) is 16.4. The van der Waals surface area contributed by atoms with E-state index < -0.39 is 0 Å². The fourth-order valence-corrected chi connectivity index (χ4v) is 3.73. The van der Waals surface area contributed by atoms with Crippen LogP contribution < -0.4 is 0 Å². The summed E-state index contributed by atoms with van der Waals surface area (Å²) in [6.45, 7) is 6.70. The number of carbonyl (C=O) groups excluding carboxylic acids is 1. The van der Waals surface area contributed by atoms with Gasteiger partial charge in [-0.1, -0.05) is 12.1 Å². The Morgan fingerprint density at radius 1 is 1.22 bits per heavy atom. The van der Waals surface area contributed by atoms with Crippen LogP contribution in [0.2, 0.25) is 0 Å². The molecule has 0 N–H and O–H groups in total. The van der Waals surface area contributed by atoms with Gasteiger partial charge in [-0.05, 0) is 50.9 Å². The van der Waals surface area contributed by atoms with E-state index in [0.717, 1.165) is 24.9 Å². The number of halogens is 1. The molecule has 0 aromatic heterocycles. The molecule has 5 heteroatoms. The van der Waals surface area contributed by atoms with Gasteiger partial charge in [-0.2, -0.15) is 0 Å². The van der Waals surface area contributed by atoms with Crippen molar-refractivity contribution in [2.24, 2.45) is 0 Å². The Morgan fingerprint density at radius 3 is 2.52 bits per heavy atom. The third-order valence-corrected chi connectivity index (χ3v) is 4.73. The van der Waals surface area contributed by atoms with Crippen molar-refractivity contribution < 1.29 is 13.9 Å². The summed E-state index contributed by atoms with van der Waals surface area (Å²) >= 11 is 0. The van der Waals surface area contributed by atoms with E-state index in [1.165, 1.54) is 12.1 Å². The topological polar surface area (TPSA) is 32.8 Å². The minimum Gasteiger partial charge on any atom is -0.372 e. The SMILES string of the molecule is CC1CN(C(=O)CN2CCCC2c2ccc(F)cc2)CC(C)O1. The summed E-state index contributed by atoms with van der Waals surface area (Å²) in [5, 5.41) is 0. The van der Waals surface area contributed by atoms with Crippen LogP contribution in [0.5, 0.6) is 0 Å². The average molecular weight is 320 g/mol. The molecule has 3 rings (SSSR count). The summed E-state index contributed by atoms with van der Waals surface area (Å²) in [6, 6.07) is 6.89. The zero-order valence-electron chi connectivity index (χ0n) is 13.9. The Hall–Kier alpha value is -1.46. The molecule has 0 spiro atoms. The Morgan fingerprint density at radius 2 is 1.87 bits per heavy atom. The third-order valence-electron chi connectivity index (χ3n) is 4.73.